The normalized spacial score (nSPS) is 11.8. The molecule has 120 valence electrons. The predicted octanol–water partition coefficient (Wildman–Crippen LogP) is 1.42. The Bertz CT molecular complexity index is 422. The number of imidazole rings is 1. The minimum atomic E-state index is -2.59. The molecule has 0 spiro atoms. The van der Waals surface area contributed by atoms with Gasteiger partial charge in [-0.25, -0.2) is 4.98 Å². The molecule has 1 amide bonds. The zero-order valence-corrected chi connectivity index (χ0v) is 14.0. The summed E-state index contributed by atoms with van der Waals surface area (Å²) < 4.78 is 19.2. The van der Waals surface area contributed by atoms with Crippen LogP contribution in [0.4, 0.5) is 0 Å². The van der Waals surface area contributed by atoms with Crippen molar-refractivity contribution in [2.75, 3.05) is 19.8 Å². The Morgan fingerprint density at radius 3 is 2.24 bits per heavy atom. The summed E-state index contributed by atoms with van der Waals surface area (Å²) in [6.45, 7) is 8.25. The van der Waals surface area contributed by atoms with Gasteiger partial charge in [-0.2, -0.15) is 0 Å². The number of aryl methyl sites for hydroxylation is 1. The topological polar surface area (TPSA) is 88.6 Å². The number of carbonyl (C=O) groups excluding carboxylic acids is 1. The summed E-state index contributed by atoms with van der Waals surface area (Å²) in [4.78, 5) is 14.9. The zero-order valence-electron chi connectivity index (χ0n) is 13.0. The Morgan fingerprint density at radius 1 is 1.24 bits per heavy atom. The lowest BCUT2D eigenvalue weighted by molar-refractivity contribution is 0.0705. The van der Waals surface area contributed by atoms with E-state index in [1.165, 1.54) is 0 Å². The van der Waals surface area contributed by atoms with Gasteiger partial charge < -0.3 is 23.6 Å². The highest BCUT2D eigenvalue weighted by Gasteiger charge is 2.39. The third-order valence-electron chi connectivity index (χ3n) is 2.88. The van der Waals surface area contributed by atoms with Crippen LogP contribution < -0.4 is 5.73 Å². The highest BCUT2D eigenvalue weighted by atomic mass is 28.4. The van der Waals surface area contributed by atoms with Crippen LogP contribution in [0.5, 0.6) is 0 Å². The van der Waals surface area contributed by atoms with Gasteiger partial charge in [-0.05, 0) is 27.2 Å². The molecule has 0 saturated carbocycles. The van der Waals surface area contributed by atoms with Crippen LogP contribution in [0.3, 0.4) is 0 Å². The molecule has 0 fully saturated rings. The lowest BCUT2D eigenvalue weighted by Crippen LogP contribution is -2.46. The van der Waals surface area contributed by atoms with Crippen LogP contribution in [0.15, 0.2) is 12.5 Å². The molecule has 7 nitrogen and oxygen atoms in total. The second-order valence-corrected chi connectivity index (χ2v) is 7.18. The van der Waals surface area contributed by atoms with Gasteiger partial charge in [0.25, 0.3) is 5.91 Å². The van der Waals surface area contributed by atoms with Crippen LogP contribution in [-0.4, -0.2) is 44.1 Å². The van der Waals surface area contributed by atoms with Crippen LogP contribution >= 0.6 is 0 Å². The molecule has 0 unspecified atom stereocenters. The molecule has 8 heteroatoms. The highest BCUT2D eigenvalue weighted by molar-refractivity contribution is 6.60. The molecule has 21 heavy (non-hydrogen) atoms. The second kappa shape index (κ2) is 8.93. The number of nitrogens with two attached hydrogens (primary N) is 1. The maximum atomic E-state index is 11.0. The van der Waals surface area contributed by atoms with Crippen molar-refractivity contribution in [3.63, 3.8) is 0 Å². The van der Waals surface area contributed by atoms with Gasteiger partial charge in [-0.3, -0.25) is 4.79 Å². The molecule has 0 aliphatic rings. The van der Waals surface area contributed by atoms with E-state index in [4.69, 9.17) is 19.0 Å². The number of primary amides is 1. The van der Waals surface area contributed by atoms with E-state index in [0.29, 0.717) is 26.4 Å². The lowest BCUT2D eigenvalue weighted by Gasteiger charge is -2.28. The molecule has 0 aliphatic carbocycles. The summed E-state index contributed by atoms with van der Waals surface area (Å²) in [5.41, 5.74) is 5.45. The SMILES string of the molecule is CCO[Si](CCCn1cnc(C(N)=O)c1)(OCC)OCC. The molecular formula is C13H25N3O4Si. The number of rotatable bonds is 11. The number of hydrogen-bond donors (Lipinski definition) is 1. The Balaban J connectivity index is 2.56. The van der Waals surface area contributed by atoms with Crippen LogP contribution in [0.25, 0.3) is 0 Å². The van der Waals surface area contributed by atoms with E-state index in [1.54, 1.807) is 12.5 Å². The minimum absolute atomic E-state index is 0.276. The summed E-state index contributed by atoms with van der Waals surface area (Å²) in [5.74, 6) is -0.518. The third-order valence-corrected chi connectivity index (χ3v) is 6.03. The number of hydrogen-bond acceptors (Lipinski definition) is 5. The van der Waals surface area contributed by atoms with Gasteiger partial charge >= 0.3 is 8.80 Å². The molecule has 0 saturated heterocycles. The first-order valence-electron chi connectivity index (χ1n) is 7.30. The van der Waals surface area contributed by atoms with E-state index in [1.807, 2.05) is 25.3 Å². The maximum Gasteiger partial charge on any atom is 0.500 e. The van der Waals surface area contributed by atoms with Crippen molar-refractivity contribution in [2.45, 2.75) is 39.8 Å². The smallest absolute Gasteiger partial charge is 0.374 e. The van der Waals surface area contributed by atoms with Gasteiger partial charge in [-0.15, -0.1) is 0 Å². The van der Waals surface area contributed by atoms with Gasteiger partial charge in [0.2, 0.25) is 0 Å². The van der Waals surface area contributed by atoms with Crippen LogP contribution in [0.1, 0.15) is 37.7 Å². The van der Waals surface area contributed by atoms with E-state index in [-0.39, 0.29) is 5.69 Å². The highest BCUT2D eigenvalue weighted by Crippen LogP contribution is 2.18. The zero-order chi connectivity index (χ0) is 15.7. The molecule has 0 bridgehead atoms. The van der Waals surface area contributed by atoms with Crippen molar-refractivity contribution in [1.29, 1.82) is 0 Å². The number of amides is 1. The van der Waals surface area contributed by atoms with E-state index in [9.17, 15) is 4.79 Å². The Kier molecular flexibility index (Phi) is 7.58. The van der Waals surface area contributed by atoms with Crippen molar-refractivity contribution in [3.05, 3.63) is 18.2 Å². The Labute approximate surface area is 126 Å². The maximum absolute atomic E-state index is 11.0. The molecule has 1 aromatic rings. The van der Waals surface area contributed by atoms with Crippen LogP contribution in [0.2, 0.25) is 6.04 Å². The monoisotopic (exact) mass is 315 g/mol. The summed E-state index contributed by atoms with van der Waals surface area (Å²) >= 11 is 0. The largest absolute Gasteiger partial charge is 0.500 e. The van der Waals surface area contributed by atoms with Crippen LogP contribution in [-0.2, 0) is 19.8 Å². The predicted molar refractivity (Wildman–Crippen MR) is 80.8 cm³/mol. The molecule has 0 aliphatic heterocycles. The van der Waals surface area contributed by atoms with Crippen molar-refractivity contribution in [3.8, 4) is 0 Å². The fourth-order valence-corrected chi connectivity index (χ4v) is 4.68. The van der Waals surface area contributed by atoms with Crippen LogP contribution in [0, 0.1) is 0 Å². The Morgan fingerprint density at radius 2 is 1.81 bits per heavy atom. The summed E-state index contributed by atoms with van der Waals surface area (Å²) in [7, 11) is -2.59. The van der Waals surface area contributed by atoms with Gasteiger partial charge in [0.15, 0.2) is 0 Å². The third kappa shape index (κ3) is 5.58. The molecule has 0 atom stereocenters. The van der Waals surface area contributed by atoms with E-state index < -0.39 is 14.7 Å². The molecule has 2 N–H and O–H groups in total. The number of aromatic nitrogens is 2. The van der Waals surface area contributed by atoms with Crippen molar-refractivity contribution in [2.24, 2.45) is 5.73 Å². The van der Waals surface area contributed by atoms with Crippen molar-refractivity contribution < 1.29 is 18.1 Å². The lowest BCUT2D eigenvalue weighted by atomic mass is 10.4. The van der Waals surface area contributed by atoms with Gasteiger partial charge in [-0.1, -0.05) is 0 Å². The summed E-state index contributed by atoms with van der Waals surface area (Å²) in [6.07, 6.45) is 4.07. The van der Waals surface area contributed by atoms with E-state index >= 15 is 0 Å². The fourth-order valence-electron chi connectivity index (χ4n) is 2.09. The molecule has 1 heterocycles. The fraction of sp³-hybridized carbons (Fsp3) is 0.692. The van der Waals surface area contributed by atoms with Crippen molar-refractivity contribution in [1.82, 2.24) is 9.55 Å². The molecule has 0 radical (unpaired) electrons. The van der Waals surface area contributed by atoms with Gasteiger partial charge in [0, 0.05) is 38.6 Å². The van der Waals surface area contributed by atoms with Crippen molar-refractivity contribution >= 4 is 14.7 Å². The molecule has 1 rings (SSSR count). The van der Waals surface area contributed by atoms with Gasteiger partial charge in [0.05, 0.1) is 6.33 Å². The van der Waals surface area contributed by atoms with E-state index in [2.05, 4.69) is 4.98 Å². The quantitative estimate of drug-likeness (QED) is 0.624. The minimum Gasteiger partial charge on any atom is -0.374 e. The van der Waals surface area contributed by atoms with E-state index in [0.717, 1.165) is 12.5 Å². The molecular weight excluding hydrogens is 290 g/mol. The second-order valence-electron chi connectivity index (χ2n) is 4.45. The molecule has 1 aromatic heterocycles. The first-order valence-corrected chi connectivity index (χ1v) is 9.23. The molecule has 0 aromatic carbocycles. The standard InChI is InChI=1S/C13H25N3O4Si/c1-4-18-21(19-5-2,20-6-3)9-7-8-16-10-12(13(14)17)15-11-16/h10-11H,4-9H2,1-3H3,(H2,14,17). The first kappa shape index (κ1) is 17.8. The average molecular weight is 315 g/mol. The summed E-state index contributed by atoms with van der Waals surface area (Å²) in [6, 6.07) is 0.729. The number of carbonyl (C=O) groups is 1. The number of nitrogens with zero attached hydrogens (tertiary/aromatic N) is 2. The van der Waals surface area contributed by atoms with Gasteiger partial charge in [0.1, 0.15) is 5.69 Å². The first-order chi connectivity index (χ1) is 10.1. The Hall–Kier alpha value is -1.22. The summed E-state index contributed by atoms with van der Waals surface area (Å²) in [5, 5.41) is 0. The average Bonchev–Trinajstić information content (AvgIpc) is 2.89.